The molecular weight excluding hydrogens is 214 g/mol. The molecule has 0 fully saturated rings. The van der Waals surface area contributed by atoms with Crippen molar-refractivity contribution in [1.29, 1.82) is 0 Å². The van der Waals surface area contributed by atoms with E-state index in [9.17, 15) is 4.79 Å². The fourth-order valence-corrected chi connectivity index (χ4v) is 1.61. The molecule has 1 aromatic rings. The number of ether oxygens (including phenoxy) is 1. The van der Waals surface area contributed by atoms with Gasteiger partial charge in [-0.2, -0.15) is 0 Å². The summed E-state index contributed by atoms with van der Waals surface area (Å²) in [5.41, 5.74) is 3.59. The maximum Gasteiger partial charge on any atom is 0.150 e. The summed E-state index contributed by atoms with van der Waals surface area (Å²) in [5.74, 6) is 0.212. The summed E-state index contributed by atoms with van der Waals surface area (Å²) in [5, 5.41) is 3.06. The summed E-state index contributed by atoms with van der Waals surface area (Å²) in [4.78, 5) is 11.7. The lowest BCUT2D eigenvalue weighted by molar-refractivity contribution is -0.117. The maximum absolute atomic E-state index is 11.7. The quantitative estimate of drug-likeness (QED) is 0.730. The first-order valence-electron chi connectivity index (χ1n) is 5.91. The second-order valence-corrected chi connectivity index (χ2v) is 4.30. The maximum atomic E-state index is 11.7. The molecule has 0 amide bonds. The van der Waals surface area contributed by atoms with Crippen molar-refractivity contribution in [3.8, 4) is 0 Å². The second-order valence-electron chi connectivity index (χ2n) is 4.30. The van der Waals surface area contributed by atoms with E-state index < -0.39 is 0 Å². The molecule has 3 heteroatoms. The number of carbonyl (C=O) groups is 1. The van der Waals surface area contributed by atoms with Gasteiger partial charge in [-0.3, -0.25) is 4.79 Å². The fourth-order valence-electron chi connectivity index (χ4n) is 1.61. The van der Waals surface area contributed by atoms with Crippen LogP contribution in [0, 0.1) is 13.8 Å². The highest BCUT2D eigenvalue weighted by atomic mass is 16.5. The highest BCUT2D eigenvalue weighted by molar-refractivity contribution is 5.82. The Balaban J connectivity index is 2.37. The van der Waals surface area contributed by atoms with E-state index in [4.69, 9.17) is 4.74 Å². The number of hydrogen-bond acceptors (Lipinski definition) is 3. The van der Waals surface area contributed by atoms with Crippen molar-refractivity contribution in [2.45, 2.75) is 20.3 Å². The Morgan fingerprint density at radius 3 is 2.71 bits per heavy atom. The third kappa shape index (κ3) is 5.11. The van der Waals surface area contributed by atoms with Gasteiger partial charge in [0.1, 0.15) is 0 Å². The molecule has 0 bridgehead atoms. The first-order chi connectivity index (χ1) is 8.13. The minimum Gasteiger partial charge on any atom is -0.383 e. The van der Waals surface area contributed by atoms with E-state index in [1.807, 2.05) is 6.07 Å². The van der Waals surface area contributed by atoms with Crippen LogP contribution in [0.3, 0.4) is 0 Å². The molecule has 0 radical (unpaired) electrons. The van der Waals surface area contributed by atoms with Crippen LogP contribution in [-0.4, -0.2) is 32.6 Å². The Bertz CT molecular complexity index is 374. The van der Waals surface area contributed by atoms with Crippen molar-refractivity contribution >= 4 is 5.78 Å². The molecule has 1 rings (SSSR count). The number of nitrogens with one attached hydrogen (secondary N) is 1. The van der Waals surface area contributed by atoms with Crippen molar-refractivity contribution in [3.05, 3.63) is 34.9 Å². The van der Waals surface area contributed by atoms with Crippen LogP contribution in [0.15, 0.2) is 18.2 Å². The van der Waals surface area contributed by atoms with Gasteiger partial charge in [-0.05, 0) is 30.5 Å². The Hall–Kier alpha value is -1.19. The van der Waals surface area contributed by atoms with E-state index in [0.717, 1.165) is 12.1 Å². The van der Waals surface area contributed by atoms with Gasteiger partial charge in [0.25, 0.3) is 0 Å². The van der Waals surface area contributed by atoms with Gasteiger partial charge < -0.3 is 10.1 Å². The van der Waals surface area contributed by atoms with Gasteiger partial charge in [0, 0.05) is 20.1 Å². The Morgan fingerprint density at radius 1 is 1.29 bits per heavy atom. The van der Waals surface area contributed by atoms with E-state index in [0.29, 0.717) is 19.6 Å². The van der Waals surface area contributed by atoms with Crippen molar-refractivity contribution in [2.24, 2.45) is 0 Å². The highest BCUT2D eigenvalue weighted by Crippen LogP contribution is 2.10. The van der Waals surface area contributed by atoms with E-state index in [-0.39, 0.29) is 5.78 Å². The number of methoxy groups -OCH3 is 1. The van der Waals surface area contributed by atoms with Crippen molar-refractivity contribution < 1.29 is 9.53 Å². The molecule has 3 nitrogen and oxygen atoms in total. The van der Waals surface area contributed by atoms with Gasteiger partial charge in [-0.1, -0.05) is 18.2 Å². The molecule has 0 aromatic heterocycles. The van der Waals surface area contributed by atoms with Crippen molar-refractivity contribution in [2.75, 3.05) is 26.8 Å². The largest absolute Gasteiger partial charge is 0.383 e. The third-order valence-electron chi connectivity index (χ3n) is 2.78. The number of benzene rings is 1. The lowest BCUT2D eigenvalue weighted by atomic mass is 10.0. The molecule has 17 heavy (non-hydrogen) atoms. The minimum atomic E-state index is 0.212. The Labute approximate surface area is 103 Å². The summed E-state index contributed by atoms with van der Waals surface area (Å²) in [6.07, 6.45) is 0.501. The van der Waals surface area contributed by atoms with Crippen LogP contribution in [0.1, 0.15) is 16.7 Å². The average Bonchev–Trinajstić information content (AvgIpc) is 2.30. The van der Waals surface area contributed by atoms with Crippen LogP contribution in [0.2, 0.25) is 0 Å². The molecule has 94 valence electrons. The normalized spacial score (nSPS) is 10.5. The molecular formula is C14H21NO2. The first kappa shape index (κ1) is 13.9. The summed E-state index contributed by atoms with van der Waals surface area (Å²) in [7, 11) is 1.65. The van der Waals surface area contributed by atoms with E-state index in [1.54, 1.807) is 7.11 Å². The van der Waals surface area contributed by atoms with Crippen LogP contribution in [-0.2, 0) is 16.0 Å². The molecule has 0 atom stereocenters. The smallest absolute Gasteiger partial charge is 0.150 e. The zero-order chi connectivity index (χ0) is 12.7. The SMILES string of the molecule is COCCNCC(=O)Cc1ccc(C)c(C)c1. The number of aryl methyl sites for hydroxylation is 2. The number of ketones is 1. The lowest BCUT2D eigenvalue weighted by Crippen LogP contribution is -2.27. The monoisotopic (exact) mass is 235 g/mol. The number of carbonyl (C=O) groups excluding carboxylic acids is 1. The number of Topliss-reactive ketones (excluding diaryl/α,β-unsaturated/α-hetero) is 1. The summed E-state index contributed by atoms with van der Waals surface area (Å²) in [6, 6.07) is 6.17. The van der Waals surface area contributed by atoms with Crippen LogP contribution in [0.25, 0.3) is 0 Å². The molecule has 0 spiro atoms. The molecule has 0 aliphatic rings. The van der Waals surface area contributed by atoms with Crippen molar-refractivity contribution in [3.63, 3.8) is 0 Å². The molecule has 0 unspecified atom stereocenters. The minimum absolute atomic E-state index is 0.212. The summed E-state index contributed by atoms with van der Waals surface area (Å²) < 4.78 is 4.90. The van der Waals surface area contributed by atoms with Gasteiger partial charge in [0.2, 0.25) is 0 Å². The topological polar surface area (TPSA) is 38.3 Å². The zero-order valence-corrected chi connectivity index (χ0v) is 10.9. The van der Waals surface area contributed by atoms with E-state index >= 15 is 0 Å². The van der Waals surface area contributed by atoms with Crippen LogP contribution in [0.5, 0.6) is 0 Å². The number of hydrogen-bond donors (Lipinski definition) is 1. The predicted molar refractivity (Wildman–Crippen MR) is 69.4 cm³/mol. The van der Waals surface area contributed by atoms with Crippen molar-refractivity contribution in [1.82, 2.24) is 5.32 Å². The van der Waals surface area contributed by atoms with Crippen LogP contribution in [0.4, 0.5) is 0 Å². The third-order valence-corrected chi connectivity index (χ3v) is 2.78. The van der Waals surface area contributed by atoms with E-state index in [2.05, 4.69) is 31.3 Å². The van der Waals surface area contributed by atoms with Gasteiger partial charge in [-0.15, -0.1) is 0 Å². The predicted octanol–water partition coefficient (Wildman–Crippen LogP) is 1.65. The summed E-state index contributed by atoms with van der Waals surface area (Å²) in [6.45, 7) is 5.91. The first-order valence-corrected chi connectivity index (χ1v) is 5.91. The fraction of sp³-hybridized carbons (Fsp3) is 0.500. The van der Waals surface area contributed by atoms with Crippen LogP contribution < -0.4 is 5.32 Å². The highest BCUT2D eigenvalue weighted by Gasteiger charge is 2.04. The molecule has 0 saturated heterocycles. The molecule has 1 N–H and O–H groups in total. The van der Waals surface area contributed by atoms with E-state index in [1.165, 1.54) is 11.1 Å². The molecule has 1 aromatic carbocycles. The molecule has 0 saturated carbocycles. The molecule has 0 aliphatic heterocycles. The molecule has 0 aliphatic carbocycles. The summed E-state index contributed by atoms with van der Waals surface area (Å²) >= 11 is 0. The van der Waals surface area contributed by atoms with Gasteiger partial charge >= 0.3 is 0 Å². The standard InChI is InChI=1S/C14H21NO2/c1-11-4-5-13(8-12(11)2)9-14(16)10-15-6-7-17-3/h4-5,8,15H,6-7,9-10H2,1-3H3. The molecule has 0 heterocycles. The van der Waals surface area contributed by atoms with Gasteiger partial charge in [-0.25, -0.2) is 0 Å². The second kappa shape index (κ2) is 7.20. The Morgan fingerprint density at radius 2 is 2.06 bits per heavy atom. The average molecular weight is 235 g/mol. The van der Waals surface area contributed by atoms with Gasteiger partial charge in [0.15, 0.2) is 5.78 Å². The van der Waals surface area contributed by atoms with Gasteiger partial charge in [0.05, 0.1) is 13.2 Å². The Kier molecular flexibility index (Phi) is 5.87. The van der Waals surface area contributed by atoms with Crippen LogP contribution >= 0.6 is 0 Å². The lowest BCUT2D eigenvalue weighted by Gasteiger charge is -2.06. The number of rotatable bonds is 7. The zero-order valence-electron chi connectivity index (χ0n) is 10.9.